The van der Waals surface area contributed by atoms with Gasteiger partial charge in [0.1, 0.15) is 5.75 Å². The molecule has 0 aliphatic heterocycles. The summed E-state index contributed by atoms with van der Waals surface area (Å²) in [5, 5.41) is 13.4. The number of thiophene rings is 1. The van der Waals surface area contributed by atoms with E-state index in [0.29, 0.717) is 11.4 Å². The number of hydrogen-bond acceptors (Lipinski definition) is 5. The zero-order chi connectivity index (χ0) is 17.9. The highest BCUT2D eigenvalue weighted by atomic mass is 32.2. The van der Waals surface area contributed by atoms with Crippen LogP contribution in [-0.4, -0.2) is 19.4 Å². The van der Waals surface area contributed by atoms with Gasteiger partial charge >= 0.3 is 0 Å². The van der Waals surface area contributed by atoms with Gasteiger partial charge < -0.3 is 10.4 Å². The van der Waals surface area contributed by atoms with Crippen molar-refractivity contribution < 1.29 is 18.3 Å². The van der Waals surface area contributed by atoms with Crippen molar-refractivity contribution in [2.45, 2.75) is 4.90 Å². The molecule has 25 heavy (non-hydrogen) atoms. The fraction of sp³-hybridized carbons (Fsp3) is 0. The third-order valence-electron chi connectivity index (χ3n) is 3.26. The molecule has 0 aliphatic carbocycles. The third-order valence-corrected chi connectivity index (χ3v) is 5.70. The van der Waals surface area contributed by atoms with Crippen molar-refractivity contribution in [2.24, 2.45) is 0 Å². The molecule has 0 fully saturated rings. The highest BCUT2D eigenvalue weighted by molar-refractivity contribution is 7.92. The molecule has 1 amide bonds. The number of phenols is 1. The summed E-state index contributed by atoms with van der Waals surface area (Å²) >= 11 is 1.05. The van der Waals surface area contributed by atoms with E-state index in [1.807, 2.05) is 6.07 Å². The van der Waals surface area contributed by atoms with Gasteiger partial charge in [-0.05, 0) is 42.5 Å². The molecule has 0 saturated heterocycles. The van der Waals surface area contributed by atoms with E-state index in [2.05, 4.69) is 10.0 Å². The van der Waals surface area contributed by atoms with Gasteiger partial charge in [-0.15, -0.1) is 11.3 Å². The highest BCUT2D eigenvalue weighted by Crippen LogP contribution is 2.23. The SMILES string of the molecule is O=C(Nc1ccccc1)c1cc(S(=O)(=O)Nc2ccc(O)cc2)cs1. The van der Waals surface area contributed by atoms with Crippen molar-refractivity contribution >= 4 is 38.6 Å². The molecular formula is C17H14N2O4S2. The van der Waals surface area contributed by atoms with Crippen molar-refractivity contribution in [3.63, 3.8) is 0 Å². The molecule has 0 saturated carbocycles. The number of anilines is 2. The lowest BCUT2D eigenvalue weighted by Crippen LogP contribution is -2.13. The summed E-state index contributed by atoms with van der Waals surface area (Å²) in [4.78, 5) is 12.5. The predicted molar refractivity (Wildman–Crippen MR) is 97.6 cm³/mol. The second-order valence-corrected chi connectivity index (χ2v) is 7.71. The Morgan fingerprint density at radius 1 is 0.960 bits per heavy atom. The predicted octanol–water partition coefficient (Wildman–Crippen LogP) is 3.51. The van der Waals surface area contributed by atoms with Crippen LogP contribution < -0.4 is 10.0 Å². The van der Waals surface area contributed by atoms with Crippen molar-refractivity contribution in [3.05, 3.63) is 70.9 Å². The fourth-order valence-electron chi connectivity index (χ4n) is 2.04. The normalized spacial score (nSPS) is 11.0. The number of amides is 1. The van der Waals surface area contributed by atoms with Gasteiger partial charge in [0.15, 0.2) is 0 Å². The van der Waals surface area contributed by atoms with E-state index < -0.39 is 10.0 Å². The first-order valence-corrected chi connectivity index (χ1v) is 9.57. The lowest BCUT2D eigenvalue weighted by atomic mass is 10.3. The van der Waals surface area contributed by atoms with E-state index in [1.54, 1.807) is 24.3 Å². The maximum absolute atomic E-state index is 12.4. The molecule has 3 aromatic rings. The summed E-state index contributed by atoms with van der Waals surface area (Å²) in [5.41, 5.74) is 0.951. The summed E-state index contributed by atoms with van der Waals surface area (Å²) in [6.07, 6.45) is 0. The molecule has 6 nitrogen and oxygen atoms in total. The van der Waals surface area contributed by atoms with Gasteiger partial charge in [-0.1, -0.05) is 18.2 Å². The van der Waals surface area contributed by atoms with E-state index in [-0.39, 0.29) is 21.4 Å². The van der Waals surface area contributed by atoms with Gasteiger partial charge in [0.05, 0.1) is 9.77 Å². The topological polar surface area (TPSA) is 95.5 Å². The maximum atomic E-state index is 12.4. The number of nitrogens with one attached hydrogen (secondary N) is 2. The van der Waals surface area contributed by atoms with Crippen LogP contribution in [0, 0.1) is 0 Å². The minimum absolute atomic E-state index is 0.00351. The molecule has 128 valence electrons. The number of benzene rings is 2. The molecule has 0 spiro atoms. The minimum atomic E-state index is -3.81. The zero-order valence-corrected chi connectivity index (χ0v) is 14.5. The quantitative estimate of drug-likeness (QED) is 0.596. The standard InChI is InChI=1S/C17H14N2O4S2/c20-14-8-6-13(7-9-14)19-25(22,23)15-10-16(24-11-15)17(21)18-12-4-2-1-3-5-12/h1-11,19-20H,(H,18,21). The van der Waals surface area contributed by atoms with E-state index in [9.17, 15) is 18.3 Å². The Morgan fingerprint density at radius 2 is 1.64 bits per heavy atom. The molecular weight excluding hydrogens is 360 g/mol. The third kappa shape index (κ3) is 4.17. The monoisotopic (exact) mass is 374 g/mol. The lowest BCUT2D eigenvalue weighted by molar-refractivity contribution is 0.103. The van der Waals surface area contributed by atoms with Gasteiger partial charge in [-0.2, -0.15) is 0 Å². The van der Waals surface area contributed by atoms with Crippen LogP contribution in [-0.2, 0) is 10.0 Å². The van der Waals surface area contributed by atoms with Crippen LogP contribution in [0.1, 0.15) is 9.67 Å². The van der Waals surface area contributed by atoms with Crippen LogP contribution in [0.25, 0.3) is 0 Å². The summed E-state index contributed by atoms with van der Waals surface area (Å²) in [7, 11) is -3.81. The Bertz CT molecular complexity index is 981. The average molecular weight is 374 g/mol. The second kappa shape index (κ2) is 6.96. The number of para-hydroxylation sites is 1. The summed E-state index contributed by atoms with van der Waals surface area (Å²) < 4.78 is 27.2. The molecule has 3 rings (SSSR count). The lowest BCUT2D eigenvalue weighted by Gasteiger charge is -2.06. The van der Waals surface area contributed by atoms with Crippen molar-refractivity contribution in [1.82, 2.24) is 0 Å². The molecule has 8 heteroatoms. The minimum Gasteiger partial charge on any atom is -0.508 e. The fourth-order valence-corrected chi connectivity index (χ4v) is 4.26. The van der Waals surface area contributed by atoms with E-state index in [4.69, 9.17) is 0 Å². The van der Waals surface area contributed by atoms with Gasteiger partial charge in [0, 0.05) is 16.8 Å². The largest absolute Gasteiger partial charge is 0.508 e. The Morgan fingerprint density at radius 3 is 2.32 bits per heavy atom. The van der Waals surface area contributed by atoms with Crippen LogP contribution in [0.5, 0.6) is 5.75 Å². The molecule has 0 atom stereocenters. The Balaban J connectivity index is 1.75. The number of aromatic hydroxyl groups is 1. The van der Waals surface area contributed by atoms with Crippen LogP contribution in [0.4, 0.5) is 11.4 Å². The Labute approximate surface area is 148 Å². The van der Waals surface area contributed by atoms with Gasteiger partial charge in [-0.25, -0.2) is 8.42 Å². The van der Waals surface area contributed by atoms with Crippen LogP contribution in [0.15, 0.2) is 70.9 Å². The van der Waals surface area contributed by atoms with E-state index in [0.717, 1.165) is 11.3 Å². The number of carbonyl (C=O) groups is 1. The second-order valence-electron chi connectivity index (χ2n) is 5.12. The number of phenolic OH excluding ortho intramolecular Hbond substituents is 1. The number of hydrogen-bond donors (Lipinski definition) is 3. The summed E-state index contributed by atoms with van der Waals surface area (Å²) in [6, 6.07) is 15.9. The van der Waals surface area contributed by atoms with Gasteiger partial charge in [0.2, 0.25) is 0 Å². The van der Waals surface area contributed by atoms with Crippen LogP contribution >= 0.6 is 11.3 Å². The smallest absolute Gasteiger partial charge is 0.265 e. The molecule has 1 aromatic heterocycles. The highest BCUT2D eigenvalue weighted by Gasteiger charge is 2.19. The first-order valence-electron chi connectivity index (χ1n) is 7.21. The molecule has 0 unspecified atom stereocenters. The average Bonchev–Trinajstić information content (AvgIpc) is 3.09. The number of carbonyl (C=O) groups excluding carboxylic acids is 1. The Hall–Kier alpha value is -2.84. The van der Waals surface area contributed by atoms with Gasteiger partial charge in [0.25, 0.3) is 15.9 Å². The molecule has 0 radical (unpaired) electrons. The first-order chi connectivity index (χ1) is 11.9. The van der Waals surface area contributed by atoms with Gasteiger partial charge in [-0.3, -0.25) is 9.52 Å². The van der Waals surface area contributed by atoms with Crippen LogP contribution in [0.3, 0.4) is 0 Å². The zero-order valence-electron chi connectivity index (χ0n) is 12.8. The molecule has 0 bridgehead atoms. The first kappa shape index (κ1) is 17.0. The summed E-state index contributed by atoms with van der Waals surface area (Å²) in [5.74, 6) is -0.333. The Kier molecular flexibility index (Phi) is 4.73. The van der Waals surface area contributed by atoms with E-state index >= 15 is 0 Å². The van der Waals surface area contributed by atoms with Crippen molar-refractivity contribution in [3.8, 4) is 5.75 Å². The molecule has 0 aliphatic rings. The number of rotatable bonds is 5. The van der Waals surface area contributed by atoms with Crippen molar-refractivity contribution in [2.75, 3.05) is 10.0 Å². The molecule has 1 heterocycles. The van der Waals surface area contributed by atoms with Crippen LogP contribution in [0.2, 0.25) is 0 Å². The van der Waals surface area contributed by atoms with Crippen molar-refractivity contribution in [1.29, 1.82) is 0 Å². The number of sulfonamides is 1. The maximum Gasteiger partial charge on any atom is 0.265 e. The molecule has 3 N–H and O–H groups in total. The molecule has 2 aromatic carbocycles. The summed E-state index contributed by atoms with van der Waals surface area (Å²) in [6.45, 7) is 0. The van der Waals surface area contributed by atoms with E-state index in [1.165, 1.54) is 35.7 Å².